The third-order valence-corrected chi connectivity index (χ3v) is 1.51. The van der Waals surface area contributed by atoms with Gasteiger partial charge in [0.2, 0.25) is 0 Å². The standard InChI is InChI=1S/C8H11BN2O2/c1-11-7-3-5-8(9(12)13)4-2-6-10-11/h2-7,12-13H,1H3. The number of hydrogen-bond acceptors (Lipinski definition) is 3. The van der Waals surface area contributed by atoms with Gasteiger partial charge in [0.25, 0.3) is 0 Å². The molecule has 0 aliphatic carbocycles. The van der Waals surface area contributed by atoms with E-state index in [2.05, 4.69) is 5.10 Å². The minimum absolute atomic E-state index is 0.429. The molecule has 13 heavy (non-hydrogen) atoms. The Morgan fingerprint density at radius 3 is 2.69 bits per heavy atom. The van der Waals surface area contributed by atoms with Gasteiger partial charge in [-0.3, -0.25) is 4.68 Å². The predicted molar refractivity (Wildman–Crippen MR) is 50.7 cm³/mol. The van der Waals surface area contributed by atoms with Gasteiger partial charge < -0.3 is 10.0 Å². The van der Waals surface area contributed by atoms with Crippen LogP contribution in [0.4, 0.5) is 0 Å². The van der Waals surface area contributed by atoms with E-state index in [9.17, 15) is 0 Å². The van der Waals surface area contributed by atoms with E-state index in [1.54, 1.807) is 48.4 Å². The maximum absolute atomic E-state index is 8.90. The number of nitrogens with zero attached hydrogens (tertiary/aromatic N) is 2. The fourth-order valence-electron chi connectivity index (χ4n) is 0.843. The fraction of sp³-hybridized carbons (Fsp3) is 0.125. The van der Waals surface area contributed by atoms with E-state index in [1.165, 1.54) is 0 Å². The highest BCUT2D eigenvalue weighted by molar-refractivity contribution is 6.58. The van der Waals surface area contributed by atoms with Gasteiger partial charge in [-0.25, -0.2) is 0 Å². The van der Waals surface area contributed by atoms with Crippen LogP contribution in [0.25, 0.3) is 0 Å². The summed E-state index contributed by atoms with van der Waals surface area (Å²) in [7, 11) is 0.340. The predicted octanol–water partition coefficient (Wildman–Crippen LogP) is -0.776. The lowest BCUT2D eigenvalue weighted by Crippen LogP contribution is -2.28. The van der Waals surface area contributed by atoms with Crippen molar-refractivity contribution in [2.75, 3.05) is 0 Å². The molecule has 0 radical (unpaired) electrons. The first-order valence-corrected chi connectivity index (χ1v) is 3.88. The number of aryl methyl sites for hydroxylation is 1. The summed E-state index contributed by atoms with van der Waals surface area (Å²) < 4.78 is 1.62. The minimum atomic E-state index is -1.45. The molecule has 0 saturated heterocycles. The summed E-state index contributed by atoms with van der Waals surface area (Å²) in [4.78, 5) is 0. The Morgan fingerprint density at radius 2 is 2.00 bits per heavy atom. The van der Waals surface area contributed by atoms with Gasteiger partial charge in [0, 0.05) is 19.4 Å². The SMILES string of the molecule is Cn1cccc(B(O)O)cccn1. The van der Waals surface area contributed by atoms with Crippen LogP contribution in [-0.4, -0.2) is 26.9 Å². The Balaban J connectivity index is 3.17. The van der Waals surface area contributed by atoms with E-state index in [0.717, 1.165) is 0 Å². The quantitative estimate of drug-likeness (QED) is 0.555. The summed E-state index contributed by atoms with van der Waals surface area (Å²) in [6, 6.07) is 6.56. The van der Waals surface area contributed by atoms with Crippen LogP contribution in [0, 0.1) is 0 Å². The monoisotopic (exact) mass is 178 g/mol. The molecule has 4 nitrogen and oxygen atoms in total. The van der Waals surface area contributed by atoms with E-state index in [1.807, 2.05) is 0 Å². The van der Waals surface area contributed by atoms with Crippen LogP contribution in [0.5, 0.6) is 0 Å². The highest BCUT2D eigenvalue weighted by Gasteiger charge is 2.06. The van der Waals surface area contributed by atoms with Gasteiger partial charge in [0.1, 0.15) is 0 Å². The number of rotatable bonds is 1. The highest BCUT2D eigenvalue weighted by Crippen LogP contribution is 1.79. The van der Waals surface area contributed by atoms with Gasteiger partial charge in [-0.2, -0.15) is 5.10 Å². The minimum Gasteiger partial charge on any atom is -0.423 e. The molecule has 1 aromatic heterocycles. The van der Waals surface area contributed by atoms with Crippen molar-refractivity contribution >= 4 is 12.6 Å². The summed E-state index contributed by atoms with van der Waals surface area (Å²) in [6.45, 7) is 0. The summed E-state index contributed by atoms with van der Waals surface area (Å²) in [5, 5.41) is 21.8. The Kier molecular flexibility index (Phi) is 3.48. The van der Waals surface area contributed by atoms with Gasteiger partial charge in [0.15, 0.2) is 0 Å². The third-order valence-electron chi connectivity index (χ3n) is 1.51. The molecule has 0 bridgehead atoms. The fourth-order valence-corrected chi connectivity index (χ4v) is 0.843. The van der Waals surface area contributed by atoms with E-state index >= 15 is 0 Å². The van der Waals surface area contributed by atoms with Gasteiger partial charge >= 0.3 is 7.12 Å². The highest BCUT2D eigenvalue weighted by atomic mass is 16.4. The van der Waals surface area contributed by atoms with Gasteiger partial charge in [0.05, 0.1) is 0 Å². The van der Waals surface area contributed by atoms with Gasteiger partial charge in [-0.05, 0) is 17.6 Å². The first kappa shape index (κ1) is 9.76. The third kappa shape index (κ3) is 3.27. The van der Waals surface area contributed by atoms with Crippen LogP contribution < -0.4 is 5.46 Å². The van der Waals surface area contributed by atoms with Crippen LogP contribution >= 0.6 is 0 Å². The molecule has 5 heteroatoms. The average Bonchev–Trinajstić information content (AvgIpc) is 2.16. The van der Waals surface area contributed by atoms with E-state index in [0.29, 0.717) is 5.46 Å². The van der Waals surface area contributed by atoms with Crippen molar-refractivity contribution in [1.29, 1.82) is 0 Å². The first-order valence-electron chi connectivity index (χ1n) is 3.88. The smallest absolute Gasteiger partial charge is 0.423 e. The summed E-state index contributed by atoms with van der Waals surface area (Å²) in [5.41, 5.74) is 0.429. The average molecular weight is 178 g/mol. The Labute approximate surface area is 76.9 Å². The molecule has 68 valence electrons. The van der Waals surface area contributed by atoms with Crippen molar-refractivity contribution in [2.45, 2.75) is 0 Å². The lowest BCUT2D eigenvalue weighted by molar-refractivity contribution is 0.426. The van der Waals surface area contributed by atoms with E-state index in [-0.39, 0.29) is 0 Å². The maximum Gasteiger partial charge on any atom is 0.488 e. The van der Waals surface area contributed by atoms with Crippen LogP contribution in [0.3, 0.4) is 0 Å². The zero-order chi connectivity index (χ0) is 9.68. The second-order valence-corrected chi connectivity index (χ2v) is 2.58. The summed E-state index contributed by atoms with van der Waals surface area (Å²) >= 11 is 0. The molecule has 0 atom stereocenters. The van der Waals surface area contributed by atoms with Crippen LogP contribution in [0.2, 0.25) is 0 Å². The second-order valence-electron chi connectivity index (χ2n) is 2.58. The molecule has 0 fully saturated rings. The molecular weight excluding hydrogens is 167 g/mol. The lowest BCUT2D eigenvalue weighted by atomic mass is 9.81. The normalized spacial score (nSPS) is 9.15. The number of aromatic nitrogens is 2. The van der Waals surface area contributed by atoms with Crippen molar-refractivity contribution in [2.24, 2.45) is 7.05 Å². The zero-order valence-electron chi connectivity index (χ0n) is 7.33. The first-order chi connectivity index (χ1) is 6.20. The Bertz CT molecular complexity index is 324. The molecule has 1 heterocycles. The van der Waals surface area contributed by atoms with Gasteiger partial charge in [-0.15, -0.1) is 0 Å². The molecule has 0 spiro atoms. The Morgan fingerprint density at radius 1 is 1.31 bits per heavy atom. The maximum atomic E-state index is 8.90. The second kappa shape index (κ2) is 4.64. The topological polar surface area (TPSA) is 58.3 Å². The molecule has 1 aromatic rings. The molecule has 0 unspecified atom stereocenters. The molecule has 0 amide bonds. The van der Waals surface area contributed by atoms with Crippen molar-refractivity contribution < 1.29 is 10.0 Å². The van der Waals surface area contributed by atoms with Crippen LogP contribution in [0.15, 0.2) is 36.7 Å². The van der Waals surface area contributed by atoms with Crippen molar-refractivity contribution in [1.82, 2.24) is 9.78 Å². The molecule has 0 saturated carbocycles. The van der Waals surface area contributed by atoms with E-state index in [4.69, 9.17) is 10.0 Å². The molecule has 0 aromatic carbocycles. The molecule has 2 N–H and O–H groups in total. The summed E-state index contributed by atoms with van der Waals surface area (Å²) in [6.07, 6.45) is 3.29. The van der Waals surface area contributed by atoms with Crippen molar-refractivity contribution in [3.63, 3.8) is 0 Å². The molecular formula is C8H11BN2O2. The zero-order valence-corrected chi connectivity index (χ0v) is 7.33. The lowest BCUT2D eigenvalue weighted by Gasteiger charge is -1.91. The molecule has 1 rings (SSSR count). The molecule has 0 aliphatic rings. The largest absolute Gasteiger partial charge is 0.488 e. The number of hydrogen-bond donors (Lipinski definition) is 2. The van der Waals surface area contributed by atoms with E-state index < -0.39 is 7.12 Å². The Hall–Kier alpha value is -1.33. The molecule has 0 aliphatic heterocycles. The van der Waals surface area contributed by atoms with Crippen LogP contribution in [0.1, 0.15) is 0 Å². The van der Waals surface area contributed by atoms with Gasteiger partial charge in [-0.1, -0.05) is 12.1 Å². The van der Waals surface area contributed by atoms with Crippen molar-refractivity contribution in [3.05, 3.63) is 36.7 Å². The summed E-state index contributed by atoms with van der Waals surface area (Å²) in [5.74, 6) is 0. The van der Waals surface area contributed by atoms with Crippen LogP contribution in [-0.2, 0) is 7.05 Å². The van der Waals surface area contributed by atoms with Crippen molar-refractivity contribution in [3.8, 4) is 0 Å².